The van der Waals surface area contributed by atoms with Crippen molar-refractivity contribution in [3.05, 3.63) is 30.3 Å². The van der Waals surface area contributed by atoms with Gasteiger partial charge in [-0.05, 0) is 12.1 Å². The fourth-order valence-corrected chi connectivity index (χ4v) is 1.42. The summed E-state index contributed by atoms with van der Waals surface area (Å²) < 4.78 is 0.464. The van der Waals surface area contributed by atoms with Crippen LogP contribution in [-0.2, 0) is 0 Å². The molecule has 0 aromatic heterocycles. The molecule has 0 saturated heterocycles. The van der Waals surface area contributed by atoms with Crippen LogP contribution in [0.3, 0.4) is 0 Å². The fraction of sp³-hybridized carbons (Fsp3) is 0. The zero-order valence-electron chi connectivity index (χ0n) is 5.28. The van der Waals surface area contributed by atoms with Crippen molar-refractivity contribution in [2.75, 3.05) is 0 Å². The molecule has 4 heteroatoms. The maximum atomic E-state index is 5.32. The van der Waals surface area contributed by atoms with Crippen molar-refractivity contribution in [3.63, 3.8) is 0 Å². The van der Waals surface area contributed by atoms with Crippen LogP contribution in [0.25, 0.3) is 0 Å². The van der Waals surface area contributed by atoms with Crippen LogP contribution in [-0.4, -0.2) is 53.2 Å². The maximum absolute atomic E-state index is 5.32. The number of thioether (sulfide) groups is 1. The molecule has 0 bridgehead atoms. The number of rotatable bonds is 1. The van der Waals surface area contributed by atoms with Crippen molar-refractivity contribution in [1.29, 1.82) is 0 Å². The number of thiocarbonyl (C=S) groups is 1. The molecule has 56 valence electrons. The van der Waals surface area contributed by atoms with Gasteiger partial charge in [0.25, 0.3) is 0 Å². The van der Waals surface area contributed by atoms with E-state index in [9.17, 15) is 0 Å². The van der Waals surface area contributed by atoms with Crippen LogP contribution in [0.1, 0.15) is 0 Å². The third-order valence-electron chi connectivity index (χ3n) is 0.962. The Bertz CT molecular complexity index is 225. The number of hydrogen-bond acceptors (Lipinski definition) is 2. The molecule has 11 heavy (non-hydrogen) atoms. The summed E-state index contributed by atoms with van der Waals surface area (Å²) >= 11 is 6.13. The second kappa shape index (κ2) is 6.54. The Hall–Kier alpha value is 1.03. The number of hydrogen-bond donors (Lipinski definition) is 1. The molecule has 2 N–H and O–H groups in total. The molecule has 0 aliphatic carbocycles. The van der Waals surface area contributed by atoms with Gasteiger partial charge < -0.3 is 5.73 Å². The molecule has 0 radical (unpaired) electrons. The zero-order chi connectivity index (χ0) is 7.40. The van der Waals surface area contributed by atoms with E-state index in [1.807, 2.05) is 30.3 Å². The second-order valence-electron chi connectivity index (χ2n) is 1.73. The van der Waals surface area contributed by atoms with Gasteiger partial charge in [-0.1, -0.05) is 42.2 Å². The molecule has 0 saturated carbocycles. The van der Waals surface area contributed by atoms with Crippen LogP contribution < -0.4 is 5.73 Å². The second-order valence-corrected chi connectivity index (χ2v) is 3.55. The van der Waals surface area contributed by atoms with Crippen molar-refractivity contribution in [3.8, 4) is 0 Å². The Balaban J connectivity index is 0.000001000. The van der Waals surface area contributed by atoms with Crippen molar-refractivity contribution in [2.24, 2.45) is 5.73 Å². The van der Waals surface area contributed by atoms with Gasteiger partial charge >= 0.3 is 48.9 Å². The van der Waals surface area contributed by atoms with Gasteiger partial charge in [0.2, 0.25) is 0 Å². The Morgan fingerprint density at radius 2 is 1.82 bits per heavy atom. The molecule has 0 unspecified atom stereocenters. The third-order valence-corrected chi connectivity index (χ3v) is 1.92. The molecule has 1 aromatic rings. The van der Waals surface area contributed by atoms with Gasteiger partial charge in [-0.25, -0.2) is 0 Å². The Labute approximate surface area is 116 Å². The third kappa shape index (κ3) is 5.30. The van der Waals surface area contributed by atoms with E-state index in [4.69, 9.17) is 18.0 Å². The van der Waals surface area contributed by atoms with E-state index in [0.29, 0.717) is 4.32 Å². The van der Waals surface area contributed by atoms with Crippen molar-refractivity contribution >= 4 is 77.2 Å². The molecule has 0 aliphatic rings. The van der Waals surface area contributed by atoms with E-state index in [1.54, 1.807) is 0 Å². The van der Waals surface area contributed by atoms with Gasteiger partial charge in [-0.15, -0.1) is 0 Å². The summed E-state index contributed by atoms with van der Waals surface area (Å²) in [5.74, 6) is 0. The van der Waals surface area contributed by atoms with Gasteiger partial charge in [0.1, 0.15) is 4.32 Å². The molecule has 1 rings (SSSR count). The van der Waals surface area contributed by atoms with Crippen LogP contribution in [0.4, 0.5) is 0 Å². The predicted octanol–water partition coefficient (Wildman–Crippen LogP) is 1.11. The summed E-state index contributed by atoms with van der Waals surface area (Å²) in [7, 11) is 0. The summed E-state index contributed by atoms with van der Waals surface area (Å²) in [5.41, 5.74) is 5.32. The molecule has 0 spiro atoms. The molecule has 1 nitrogen and oxygen atoms in total. The quantitative estimate of drug-likeness (QED) is 0.478. The molecular formula is C7H9BaNS2. The van der Waals surface area contributed by atoms with E-state index >= 15 is 0 Å². The Morgan fingerprint density at radius 3 is 2.27 bits per heavy atom. The van der Waals surface area contributed by atoms with E-state index in [1.165, 1.54) is 11.8 Å². The number of benzene rings is 1. The van der Waals surface area contributed by atoms with Crippen molar-refractivity contribution in [1.82, 2.24) is 0 Å². The minimum atomic E-state index is 0. The standard InChI is InChI=1S/C7H7NS2.Ba.2H/c8-7(9)10-6-4-2-1-3-5-6;;;/h1-5H,(H2,8,9);;;. The summed E-state index contributed by atoms with van der Waals surface area (Å²) in [6, 6.07) is 9.83. The molecule has 0 heterocycles. The van der Waals surface area contributed by atoms with Crippen molar-refractivity contribution < 1.29 is 0 Å². The summed E-state index contributed by atoms with van der Waals surface area (Å²) in [6.45, 7) is 0. The van der Waals surface area contributed by atoms with E-state index < -0.39 is 0 Å². The Kier molecular flexibility index (Phi) is 7.15. The van der Waals surface area contributed by atoms with Gasteiger partial charge in [-0.3, -0.25) is 0 Å². The van der Waals surface area contributed by atoms with Gasteiger partial charge in [0.05, 0.1) is 0 Å². The summed E-state index contributed by atoms with van der Waals surface area (Å²) in [6.07, 6.45) is 0. The SMILES string of the molecule is NC(=S)Sc1ccccc1.[BaH2]. The van der Waals surface area contributed by atoms with Gasteiger partial charge in [0, 0.05) is 4.90 Å². The topological polar surface area (TPSA) is 26.0 Å². The molecule has 0 fully saturated rings. The zero-order valence-corrected chi connectivity index (χ0v) is 6.91. The normalized spacial score (nSPS) is 8.36. The monoisotopic (exact) mass is 309 g/mol. The Morgan fingerprint density at radius 1 is 1.27 bits per heavy atom. The predicted molar refractivity (Wildman–Crippen MR) is 57.6 cm³/mol. The minimum absolute atomic E-state index is 0. The average Bonchev–Trinajstić information content (AvgIpc) is 1.88. The summed E-state index contributed by atoms with van der Waals surface area (Å²) in [5, 5.41) is 0. The van der Waals surface area contributed by atoms with E-state index in [2.05, 4.69) is 0 Å². The van der Waals surface area contributed by atoms with E-state index in [-0.39, 0.29) is 48.9 Å². The van der Waals surface area contributed by atoms with Gasteiger partial charge in [-0.2, -0.15) is 0 Å². The van der Waals surface area contributed by atoms with Crippen LogP contribution in [0.15, 0.2) is 35.2 Å². The average molecular weight is 309 g/mol. The van der Waals surface area contributed by atoms with E-state index in [0.717, 1.165) is 4.90 Å². The molecule has 0 amide bonds. The number of nitrogens with two attached hydrogens (primary N) is 1. The van der Waals surface area contributed by atoms with Crippen LogP contribution in [0.2, 0.25) is 0 Å². The molecular weight excluding hydrogens is 300 g/mol. The molecule has 0 atom stereocenters. The van der Waals surface area contributed by atoms with Gasteiger partial charge in [0.15, 0.2) is 0 Å². The van der Waals surface area contributed by atoms with Crippen LogP contribution in [0, 0.1) is 0 Å². The van der Waals surface area contributed by atoms with Crippen LogP contribution >= 0.6 is 24.0 Å². The first-order chi connectivity index (χ1) is 4.79. The first-order valence-electron chi connectivity index (χ1n) is 2.81. The summed E-state index contributed by atoms with van der Waals surface area (Å²) in [4.78, 5) is 1.09. The molecule has 1 aromatic carbocycles. The first-order valence-corrected chi connectivity index (χ1v) is 4.04. The van der Waals surface area contributed by atoms with Crippen LogP contribution in [0.5, 0.6) is 0 Å². The first kappa shape index (κ1) is 12.0. The molecule has 0 aliphatic heterocycles. The van der Waals surface area contributed by atoms with Crippen molar-refractivity contribution in [2.45, 2.75) is 4.90 Å². The fourth-order valence-electron chi connectivity index (χ4n) is 0.605.